The van der Waals surface area contributed by atoms with E-state index in [-0.39, 0.29) is 49.0 Å². The summed E-state index contributed by atoms with van der Waals surface area (Å²) in [5.41, 5.74) is 16.1. The number of hydrogen-bond donors (Lipinski definition) is 3. The van der Waals surface area contributed by atoms with Crippen molar-refractivity contribution >= 4 is 54.7 Å². The Morgan fingerprint density at radius 1 is 1.00 bits per heavy atom. The fraction of sp³-hybridized carbons (Fsp3) is 0. The molecule has 0 saturated heterocycles. The number of nitrogens with two attached hydrogens (primary N) is 3. The summed E-state index contributed by atoms with van der Waals surface area (Å²) in [4.78, 5) is 7.19. The molecule has 0 unspecified atom stereocenters. The third kappa shape index (κ3) is 4.27. The number of nitrogen functional groups attached to an aromatic ring is 3. The smallest absolute Gasteiger partial charge is 0.222 e. The van der Waals surface area contributed by atoms with Crippen LogP contribution >= 0.6 is 37.2 Å². The van der Waals surface area contributed by atoms with Crippen molar-refractivity contribution in [2.75, 3.05) is 17.2 Å². The number of hydrogen-bond acceptors (Lipinski definition) is 5. The van der Waals surface area contributed by atoms with Crippen LogP contribution < -0.4 is 17.2 Å². The van der Waals surface area contributed by atoms with E-state index in [1.54, 1.807) is 0 Å². The minimum Gasteiger partial charge on any atom is -0.394 e. The van der Waals surface area contributed by atoms with Crippen LogP contribution in [0.1, 0.15) is 0 Å². The van der Waals surface area contributed by atoms with Crippen LogP contribution in [0.5, 0.6) is 0 Å². The van der Waals surface area contributed by atoms with Crippen molar-refractivity contribution in [1.82, 2.24) is 9.97 Å². The van der Waals surface area contributed by atoms with Crippen molar-refractivity contribution < 1.29 is 0 Å². The SMILES string of the molecule is Cl.Cl.Cl.Nc1ncc(N)c(N)n1. The Labute approximate surface area is 88.3 Å². The molecule has 1 aromatic heterocycles. The van der Waals surface area contributed by atoms with Gasteiger partial charge in [-0.3, -0.25) is 0 Å². The molecule has 0 aliphatic carbocycles. The summed E-state index contributed by atoms with van der Waals surface area (Å²) in [6.07, 6.45) is 1.37. The second kappa shape index (κ2) is 7.02. The first-order chi connectivity index (χ1) is 4.20. The van der Waals surface area contributed by atoms with E-state index in [1.807, 2.05) is 0 Å². The second-order valence-corrected chi connectivity index (χ2v) is 1.57. The Hall–Kier alpha value is -0.650. The molecule has 0 aliphatic rings. The Morgan fingerprint density at radius 3 is 1.83 bits per heavy atom. The van der Waals surface area contributed by atoms with Gasteiger partial charge in [0.05, 0.1) is 11.9 Å². The van der Waals surface area contributed by atoms with E-state index in [0.717, 1.165) is 0 Å². The number of halogens is 3. The maximum atomic E-state index is 5.28. The van der Waals surface area contributed by atoms with Crippen LogP contribution in [0.2, 0.25) is 0 Å². The molecule has 0 fully saturated rings. The summed E-state index contributed by atoms with van der Waals surface area (Å²) in [6, 6.07) is 0. The molecule has 0 radical (unpaired) electrons. The van der Waals surface area contributed by atoms with Crippen molar-refractivity contribution in [3.05, 3.63) is 6.20 Å². The predicted octanol–water partition coefficient (Wildman–Crippen LogP) is 0.489. The van der Waals surface area contributed by atoms with Gasteiger partial charge in [0.15, 0.2) is 5.82 Å². The monoisotopic (exact) mass is 233 g/mol. The van der Waals surface area contributed by atoms with Crippen LogP contribution in [0.25, 0.3) is 0 Å². The molecule has 1 heterocycles. The highest BCUT2D eigenvalue weighted by atomic mass is 35.5. The first-order valence-electron chi connectivity index (χ1n) is 2.33. The first kappa shape index (κ1) is 17.4. The van der Waals surface area contributed by atoms with Crippen molar-refractivity contribution in [3.63, 3.8) is 0 Å². The number of aromatic nitrogens is 2. The Balaban J connectivity index is -0.000000270. The molecule has 0 aromatic carbocycles. The number of anilines is 3. The minimum absolute atomic E-state index is 0. The topological polar surface area (TPSA) is 104 Å². The van der Waals surface area contributed by atoms with Crippen LogP contribution in [0, 0.1) is 0 Å². The predicted molar refractivity (Wildman–Crippen MR) is 57.0 cm³/mol. The summed E-state index contributed by atoms with van der Waals surface area (Å²) < 4.78 is 0. The fourth-order valence-electron chi connectivity index (χ4n) is 0.419. The Morgan fingerprint density at radius 2 is 1.50 bits per heavy atom. The van der Waals surface area contributed by atoms with Gasteiger partial charge in [-0.25, -0.2) is 4.98 Å². The van der Waals surface area contributed by atoms with Gasteiger partial charge in [0.25, 0.3) is 0 Å². The van der Waals surface area contributed by atoms with Crippen LogP contribution in [0.3, 0.4) is 0 Å². The van der Waals surface area contributed by atoms with E-state index in [9.17, 15) is 0 Å². The lowest BCUT2D eigenvalue weighted by Crippen LogP contribution is -2.02. The van der Waals surface area contributed by atoms with E-state index in [0.29, 0.717) is 5.69 Å². The van der Waals surface area contributed by atoms with Gasteiger partial charge in [0, 0.05) is 0 Å². The molecule has 5 nitrogen and oxygen atoms in total. The maximum absolute atomic E-state index is 5.28. The molecule has 0 amide bonds. The number of rotatable bonds is 0. The molecule has 0 bridgehead atoms. The maximum Gasteiger partial charge on any atom is 0.222 e. The Bertz CT molecular complexity index is 230. The third-order valence-electron chi connectivity index (χ3n) is 0.867. The van der Waals surface area contributed by atoms with Gasteiger partial charge < -0.3 is 17.2 Å². The third-order valence-corrected chi connectivity index (χ3v) is 0.867. The molecule has 1 aromatic rings. The second-order valence-electron chi connectivity index (χ2n) is 1.57. The normalized spacial score (nSPS) is 7.00. The number of nitrogens with zero attached hydrogens (tertiary/aromatic N) is 2. The molecule has 0 aliphatic heterocycles. The molecule has 0 saturated carbocycles. The quantitative estimate of drug-likeness (QED) is 0.606. The lowest BCUT2D eigenvalue weighted by Gasteiger charge is -1.96. The van der Waals surface area contributed by atoms with Crippen LogP contribution in [0.15, 0.2) is 6.20 Å². The fourth-order valence-corrected chi connectivity index (χ4v) is 0.419. The molecule has 12 heavy (non-hydrogen) atoms. The molecular weight excluding hydrogens is 224 g/mol. The Kier molecular flexibility index (Phi) is 10.2. The van der Waals surface area contributed by atoms with E-state index in [4.69, 9.17) is 17.2 Å². The highest BCUT2D eigenvalue weighted by Crippen LogP contribution is 2.08. The highest BCUT2D eigenvalue weighted by molar-refractivity contribution is 5.86. The largest absolute Gasteiger partial charge is 0.394 e. The summed E-state index contributed by atoms with van der Waals surface area (Å²) in [5.74, 6) is 0.365. The van der Waals surface area contributed by atoms with Crippen molar-refractivity contribution in [2.45, 2.75) is 0 Å². The molecule has 0 spiro atoms. The molecule has 72 valence electrons. The van der Waals surface area contributed by atoms with Crippen molar-refractivity contribution in [1.29, 1.82) is 0 Å². The summed E-state index contributed by atoms with van der Waals surface area (Å²) in [5, 5.41) is 0. The van der Waals surface area contributed by atoms with Gasteiger partial charge in [0.2, 0.25) is 5.95 Å². The van der Waals surface area contributed by atoms with Gasteiger partial charge in [-0.05, 0) is 0 Å². The summed E-state index contributed by atoms with van der Waals surface area (Å²) in [7, 11) is 0. The van der Waals surface area contributed by atoms with Gasteiger partial charge in [0.1, 0.15) is 0 Å². The molecule has 8 heteroatoms. The summed E-state index contributed by atoms with van der Waals surface area (Å²) in [6.45, 7) is 0. The van der Waals surface area contributed by atoms with E-state index in [2.05, 4.69) is 9.97 Å². The zero-order valence-corrected chi connectivity index (χ0v) is 8.38. The van der Waals surface area contributed by atoms with E-state index < -0.39 is 0 Å². The highest BCUT2D eigenvalue weighted by Gasteiger charge is 1.94. The molecule has 1 rings (SSSR count). The molecular formula is C4H10Cl3N5. The summed E-state index contributed by atoms with van der Waals surface area (Å²) >= 11 is 0. The lowest BCUT2D eigenvalue weighted by atomic mass is 10.5. The van der Waals surface area contributed by atoms with E-state index >= 15 is 0 Å². The average Bonchev–Trinajstić information content (AvgIpc) is 1.80. The first-order valence-corrected chi connectivity index (χ1v) is 2.33. The van der Waals surface area contributed by atoms with E-state index in [1.165, 1.54) is 6.20 Å². The zero-order valence-electron chi connectivity index (χ0n) is 5.93. The van der Waals surface area contributed by atoms with Crippen LogP contribution in [-0.2, 0) is 0 Å². The van der Waals surface area contributed by atoms with Gasteiger partial charge in [-0.15, -0.1) is 37.2 Å². The molecule has 0 atom stereocenters. The van der Waals surface area contributed by atoms with Crippen molar-refractivity contribution in [3.8, 4) is 0 Å². The zero-order chi connectivity index (χ0) is 6.85. The van der Waals surface area contributed by atoms with Crippen molar-refractivity contribution in [2.24, 2.45) is 0 Å². The standard InChI is InChI=1S/C4H7N5.3ClH/c5-2-1-8-4(7)9-3(2)6;;;/h1H,5H2,(H4,6,7,8,9);3*1H. The van der Waals surface area contributed by atoms with Crippen LogP contribution in [-0.4, -0.2) is 9.97 Å². The van der Waals surface area contributed by atoms with Gasteiger partial charge in [-0.1, -0.05) is 0 Å². The average molecular weight is 235 g/mol. The minimum atomic E-state index is 0. The lowest BCUT2D eigenvalue weighted by molar-refractivity contribution is 1.20. The molecule has 6 N–H and O–H groups in total. The van der Waals surface area contributed by atoms with Gasteiger partial charge >= 0.3 is 0 Å². The van der Waals surface area contributed by atoms with Crippen LogP contribution in [0.4, 0.5) is 17.5 Å². The van der Waals surface area contributed by atoms with Gasteiger partial charge in [-0.2, -0.15) is 4.98 Å².